The van der Waals surface area contributed by atoms with Crippen LogP contribution in [0.15, 0.2) is 6.20 Å². The number of amides is 2. The molecular formula is C17H28N4O2. The van der Waals surface area contributed by atoms with Gasteiger partial charge in [-0.3, -0.25) is 0 Å². The minimum absolute atomic E-state index is 0.0596. The summed E-state index contributed by atoms with van der Waals surface area (Å²) in [5.41, 5.74) is 1.26. The van der Waals surface area contributed by atoms with Crippen molar-refractivity contribution in [3.63, 3.8) is 0 Å². The Morgan fingerprint density at radius 2 is 2.09 bits per heavy atom. The Morgan fingerprint density at radius 3 is 2.74 bits per heavy atom. The highest BCUT2D eigenvalue weighted by molar-refractivity contribution is 5.74. The van der Waals surface area contributed by atoms with E-state index < -0.39 is 0 Å². The molecular weight excluding hydrogens is 292 g/mol. The van der Waals surface area contributed by atoms with Gasteiger partial charge in [0.1, 0.15) is 5.82 Å². The molecule has 0 radical (unpaired) electrons. The molecule has 2 fully saturated rings. The van der Waals surface area contributed by atoms with Gasteiger partial charge >= 0.3 is 6.03 Å². The molecule has 1 saturated heterocycles. The molecule has 3 rings (SSSR count). The number of methoxy groups -OCH3 is 1. The highest BCUT2D eigenvalue weighted by Gasteiger charge is 2.32. The van der Waals surface area contributed by atoms with Crippen molar-refractivity contribution in [1.82, 2.24) is 19.8 Å². The second kappa shape index (κ2) is 7.34. The molecule has 23 heavy (non-hydrogen) atoms. The number of hydrogen-bond acceptors (Lipinski definition) is 3. The predicted molar refractivity (Wildman–Crippen MR) is 88.7 cm³/mol. The van der Waals surface area contributed by atoms with Crippen LogP contribution in [0.5, 0.6) is 0 Å². The molecule has 0 bridgehead atoms. The Labute approximate surface area is 138 Å². The largest absolute Gasteiger partial charge is 0.385 e. The first kappa shape index (κ1) is 16.3. The van der Waals surface area contributed by atoms with Crippen molar-refractivity contribution in [1.29, 1.82) is 0 Å². The summed E-state index contributed by atoms with van der Waals surface area (Å²) in [7, 11) is 1.68. The molecule has 1 aromatic heterocycles. The lowest BCUT2D eigenvalue weighted by Gasteiger charge is -2.34. The number of urea groups is 1. The van der Waals surface area contributed by atoms with Crippen LogP contribution < -0.4 is 5.32 Å². The van der Waals surface area contributed by atoms with Crippen LogP contribution in [-0.2, 0) is 4.74 Å². The fourth-order valence-corrected chi connectivity index (χ4v) is 3.43. The van der Waals surface area contributed by atoms with Gasteiger partial charge in [-0.25, -0.2) is 9.78 Å². The number of imidazole rings is 1. The molecule has 1 saturated carbocycles. The zero-order chi connectivity index (χ0) is 16.2. The van der Waals surface area contributed by atoms with E-state index in [0.717, 1.165) is 32.4 Å². The third-order valence-electron chi connectivity index (χ3n) is 4.87. The van der Waals surface area contributed by atoms with Gasteiger partial charge in [0, 0.05) is 57.2 Å². The van der Waals surface area contributed by atoms with Crippen LogP contribution in [-0.4, -0.2) is 53.8 Å². The van der Waals surface area contributed by atoms with E-state index in [1.54, 1.807) is 7.11 Å². The summed E-state index contributed by atoms with van der Waals surface area (Å²) in [5, 5.41) is 2.98. The molecule has 0 spiro atoms. The van der Waals surface area contributed by atoms with Crippen molar-refractivity contribution in [2.75, 3.05) is 33.4 Å². The molecule has 1 aliphatic heterocycles. The average Bonchev–Trinajstić information content (AvgIpc) is 3.34. The monoisotopic (exact) mass is 320 g/mol. The summed E-state index contributed by atoms with van der Waals surface area (Å²) in [4.78, 5) is 18.7. The van der Waals surface area contributed by atoms with Crippen molar-refractivity contribution in [2.24, 2.45) is 0 Å². The summed E-state index contributed by atoms with van der Waals surface area (Å²) in [5.74, 6) is 1.94. The maximum Gasteiger partial charge on any atom is 0.317 e. The molecule has 2 aliphatic rings. The lowest BCUT2D eigenvalue weighted by atomic mass is 10.0. The van der Waals surface area contributed by atoms with E-state index in [9.17, 15) is 4.79 Å². The van der Waals surface area contributed by atoms with Gasteiger partial charge in [0.15, 0.2) is 0 Å². The molecule has 2 heterocycles. The Balaban J connectivity index is 1.50. The maximum atomic E-state index is 12.2. The molecule has 0 aromatic carbocycles. The Kier molecular flexibility index (Phi) is 5.20. The van der Waals surface area contributed by atoms with Gasteiger partial charge in [0.25, 0.3) is 0 Å². The third kappa shape index (κ3) is 3.86. The lowest BCUT2D eigenvalue weighted by Crippen LogP contribution is -2.45. The molecule has 1 aromatic rings. The number of piperidine rings is 1. The van der Waals surface area contributed by atoms with E-state index in [2.05, 4.69) is 21.8 Å². The number of nitrogens with zero attached hydrogens (tertiary/aromatic N) is 3. The smallest absolute Gasteiger partial charge is 0.317 e. The quantitative estimate of drug-likeness (QED) is 0.819. The number of nitrogens with one attached hydrogen (secondary N) is 1. The SMILES string of the molecule is COCCCNC(=O)N1CCC(n2c(C)cnc2C2CC2)CC1. The minimum atomic E-state index is 0.0596. The molecule has 0 atom stereocenters. The fraction of sp³-hybridized carbons (Fsp3) is 0.765. The summed E-state index contributed by atoms with van der Waals surface area (Å²) in [6, 6.07) is 0.551. The number of rotatable bonds is 6. The van der Waals surface area contributed by atoms with Gasteiger partial charge in [0.05, 0.1) is 0 Å². The number of hydrogen-bond donors (Lipinski definition) is 1. The standard InChI is InChI=1S/C17H28N4O2/c1-13-12-19-16(14-4-5-14)21(13)15-6-9-20(10-7-15)17(22)18-8-3-11-23-2/h12,14-15H,3-11H2,1-2H3,(H,18,22). The molecule has 0 unspecified atom stereocenters. The van der Waals surface area contributed by atoms with E-state index in [0.29, 0.717) is 25.1 Å². The summed E-state index contributed by atoms with van der Waals surface area (Å²) in [6.07, 6.45) is 7.45. The highest BCUT2D eigenvalue weighted by Crippen LogP contribution is 2.41. The minimum Gasteiger partial charge on any atom is -0.385 e. The summed E-state index contributed by atoms with van der Waals surface area (Å²) in [6.45, 7) is 5.16. The van der Waals surface area contributed by atoms with Gasteiger partial charge in [-0.15, -0.1) is 0 Å². The first-order valence-electron chi connectivity index (χ1n) is 8.76. The Bertz CT molecular complexity index is 531. The third-order valence-corrected chi connectivity index (χ3v) is 4.87. The Hall–Kier alpha value is -1.56. The second-order valence-electron chi connectivity index (χ2n) is 6.70. The normalized spacial score (nSPS) is 19.1. The molecule has 2 amide bonds. The van der Waals surface area contributed by atoms with Crippen molar-refractivity contribution >= 4 is 6.03 Å². The number of likely N-dealkylation sites (tertiary alicyclic amines) is 1. The maximum absolute atomic E-state index is 12.2. The topological polar surface area (TPSA) is 59.4 Å². The van der Waals surface area contributed by atoms with Crippen LogP contribution in [0.25, 0.3) is 0 Å². The van der Waals surface area contributed by atoms with Crippen molar-refractivity contribution in [3.05, 3.63) is 17.7 Å². The number of aromatic nitrogens is 2. The lowest BCUT2D eigenvalue weighted by molar-refractivity contribution is 0.166. The van der Waals surface area contributed by atoms with E-state index >= 15 is 0 Å². The van der Waals surface area contributed by atoms with Crippen LogP contribution in [0.3, 0.4) is 0 Å². The first-order valence-corrected chi connectivity index (χ1v) is 8.76. The summed E-state index contributed by atoms with van der Waals surface area (Å²) < 4.78 is 7.43. The van der Waals surface area contributed by atoms with Crippen molar-refractivity contribution in [2.45, 2.75) is 51.0 Å². The van der Waals surface area contributed by atoms with Crippen molar-refractivity contribution < 1.29 is 9.53 Å². The number of ether oxygens (including phenoxy) is 1. The predicted octanol–water partition coefficient (Wildman–Crippen LogP) is 2.45. The van der Waals surface area contributed by atoms with E-state index in [4.69, 9.17) is 4.74 Å². The molecule has 1 aliphatic carbocycles. The van der Waals surface area contributed by atoms with Gasteiger partial charge in [0.2, 0.25) is 0 Å². The van der Waals surface area contributed by atoms with Crippen LogP contribution in [0.1, 0.15) is 55.6 Å². The van der Waals surface area contributed by atoms with Gasteiger partial charge in [-0.05, 0) is 39.0 Å². The Morgan fingerprint density at radius 1 is 1.35 bits per heavy atom. The molecule has 1 N–H and O–H groups in total. The zero-order valence-electron chi connectivity index (χ0n) is 14.3. The van der Waals surface area contributed by atoms with E-state index in [-0.39, 0.29) is 6.03 Å². The first-order chi connectivity index (χ1) is 11.2. The highest BCUT2D eigenvalue weighted by atomic mass is 16.5. The fourth-order valence-electron chi connectivity index (χ4n) is 3.43. The van der Waals surface area contributed by atoms with E-state index in [1.165, 1.54) is 24.4 Å². The van der Waals surface area contributed by atoms with E-state index in [1.807, 2.05) is 11.1 Å². The van der Waals surface area contributed by atoms with Crippen LogP contribution in [0, 0.1) is 6.92 Å². The second-order valence-corrected chi connectivity index (χ2v) is 6.70. The number of carbonyl (C=O) groups is 1. The number of carbonyl (C=O) groups excluding carboxylic acids is 1. The molecule has 6 nitrogen and oxygen atoms in total. The molecule has 128 valence electrons. The van der Waals surface area contributed by atoms with Crippen LogP contribution in [0.4, 0.5) is 4.79 Å². The van der Waals surface area contributed by atoms with Crippen LogP contribution >= 0.6 is 0 Å². The molecule has 6 heteroatoms. The summed E-state index contributed by atoms with van der Waals surface area (Å²) >= 11 is 0. The number of aryl methyl sites for hydroxylation is 1. The van der Waals surface area contributed by atoms with Gasteiger partial charge in [-0.2, -0.15) is 0 Å². The van der Waals surface area contributed by atoms with Crippen LogP contribution in [0.2, 0.25) is 0 Å². The van der Waals surface area contributed by atoms with Gasteiger partial charge < -0.3 is 19.5 Å². The average molecular weight is 320 g/mol. The zero-order valence-corrected chi connectivity index (χ0v) is 14.3. The van der Waals surface area contributed by atoms with Crippen molar-refractivity contribution in [3.8, 4) is 0 Å². The van der Waals surface area contributed by atoms with Gasteiger partial charge in [-0.1, -0.05) is 0 Å².